The molecule has 3 aromatic carbocycles. The van der Waals surface area contributed by atoms with Crippen LogP contribution in [0.2, 0.25) is 0 Å². The lowest BCUT2D eigenvalue weighted by molar-refractivity contribution is -0.113. The van der Waals surface area contributed by atoms with Crippen LogP contribution in [0.25, 0.3) is 6.08 Å². The third-order valence-corrected chi connectivity index (χ3v) is 4.81. The lowest BCUT2D eigenvalue weighted by atomic mass is 10.1. The van der Waals surface area contributed by atoms with Gasteiger partial charge in [-0.15, -0.1) is 0 Å². The molecular formula is C26H24F2N2O2. The predicted molar refractivity (Wildman–Crippen MR) is 122 cm³/mol. The van der Waals surface area contributed by atoms with E-state index in [1.54, 1.807) is 12.1 Å². The van der Waals surface area contributed by atoms with Crippen LogP contribution < -0.4 is 10.6 Å². The Kier molecular flexibility index (Phi) is 7.86. The Morgan fingerprint density at radius 1 is 0.844 bits per heavy atom. The van der Waals surface area contributed by atoms with Gasteiger partial charge in [-0.1, -0.05) is 37.6 Å². The first kappa shape index (κ1) is 22.9. The number of benzene rings is 3. The average Bonchev–Trinajstić information content (AvgIpc) is 2.80. The Labute approximate surface area is 186 Å². The number of halogens is 2. The van der Waals surface area contributed by atoms with E-state index in [0.29, 0.717) is 16.8 Å². The summed E-state index contributed by atoms with van der Waals surface area (Å²) < 4.78 is 26.4. The number of carbonyl (C=O) groups is 2. The van der Waals surface area contributed by atoms with Crippen molar-refractivity contribution in [3.8, 4) is 0 Å². The molecule has 0 atom stereocenters. The number of nitrogens with one attached hydrogen (secondary N) is 2. The van der Waals surface area contributed by atoms with Crippen molar-refractivity contribution in [3.63, 3.8) is 0 Å². The van der Waals surface area contributed by atoms with E-state index < -0.39 is 23.4 Å². The molecule has 0 aliphatic carbocycles. The topological polar surface area (TPSA) is 58.2 Å². The normalized spacial score (nSPS) is 11.2. The molecule has 0 bridgehead atoms. The van der Waals surface area contributed by atoms with Crippen molar-refractivity contribution in [2.24, 2.45) is 0 Å². The van der Waals surface area contributed by atoms with Crippen molar-refractivity contribution in [1.82, 2.24) is 5.32 Å². The van der Waals surface area contributed by atoms with Crippen LogP contribution in [0, 0.1) is 11.6 Å². The highest BCUT2D eigenvalue weighted by atomic mass is 19.1. The lowest BCUT2D eigenvalue weighted by Gasteiger charge is -2.12. The van der Waals surface area contributed by atoms with Crippen LogP contribution in [-0.4, -0.2) is 11.8 Å². The highest BCUT2D eigenvalue weighted by Crippen LogP contribution is 2.14. The van der Waals surface area contributed by atoms with Gasteiger partial charge in [-0.05, 0) is 78.6 Å². The van der Waals surface area contributed by atoms with Gasteiger partial charge in [-0.25, -0.2) is 8.78 Å². The van der Waals surface area contributed by atoms with E-state index in [0.717, 1.165) is 24.8 Å². The second-order valence-corrected chi connectivity index (χ2v) is 7.33. The number of hydrogen-bond acceptors (Lipinski definition) is 2. The molecule has 2 amide bonds. The lowest BCUT2D eigenvalue weighted by Crippen LogP contribution is -2.30. The second kappa shape index (κ2) is 11.0. The molecule has 0 spiro atoms. The second-order valence-electron chi connectivity index (χ2n) is 7.33. The maximum atomic E-state index is 13.2. The smallest absolute Gasteiger partial charge is 0.272 e. The molecular weight excluding hydrogens is 410 g/mol. The Bertz CT molecular complexity index is 1090. The maximum Gasteiger partial charge on any atom is 0.272 e. The van der Waals surface area contributed by atoms with Gasteiger partial charge < -0.3 is 10.6 Å². The zero-order valence-corrected chi connectivity index (χ0v) is 17.7. The number of amides is 2. The maximum absolute atomic E-state index is 13.2. The number of carbonyl (C=O) groups excluding carboxylic acids is 2. The van der Waals surface area contributed by atoms with E-state index in [-0.39, 0.29) is 5.70 Å². The summed E-state index contributed by atoms with van der Waals surface area (Å²) in [4.78, 5) is 25.6. The van der Waals surface area contributed by atoms with E-state index in [4.69, 9.17) is 0 Å². The average molecular weight is 434 g/mol. The van der Waals surface area contributed by atoms with Crippen LogP contribution in [-0.2, 0) is 11.2 Å². The largest absolute Gasteiger partial charge is 0.321 e. The third kappa shape index (κ3) is 6.60. The zero-order chi connectivity index (χ0) is 22.9. The SMILES string of the molecule is CCCCc1ccc(C(=O)N/C(=C\c2ccc(F)cc2)C(=O)Nc2ccc(F)cc2)cc1. The van der Waals surface area contributed by atoms with Gasteiger partial charge in [-0.2, -0.15) is 0 Å². The first-order valence-electron chi connectivity index (χ1n) is 10.4. The molecule has 4 nitrogen and oxygen atoms in total. The van der Waals surface area contributed by atoms with E-state index in [1.807, 2.05) is 12.1 Å². The van der Waals surface area contributed by atoms with Crippen molar-refractivity contribution in [3.05, 3.63) is 107 Å². The summed E-state index contributed by atoms with van der Waals surface area (Å²) in [5.74, 6) is -1.88. The molecule has 0 aliphatic heterocycles. The summed E-state index contributed by atoms with van der Waals surface area (Å²) in [6.45, 7) is 2.12. The van der Waals surface area contributed by atoms with Gasteiger partial charge in [0.05, 0.1) is 0 Å². The minimum absolute atomic E-state index is 0.0269. The van der Waals surface area contributed by atoms with Gasteiger partial charge in [-0.3, -0.25) is 9.59 Å². The quantitative estimate of drug-likeness (QED) is 0.446. The fourth-order valence-electron chi connectivity index (χ4n) is 3.01. The summed E-state index contributed by atoms with van der Waals surface area (Å²) in [6.07, 6.45) is 4.54. The molecule has 2 N–H and O–H groups in total. The predicted octanol–water partition coefficient (Wildman–Crippen LogP) is 5.72. The molecule has 0 heterocycles. The van der Waals surface area contributed by atoms with Gasteiger partial charge in [0.1, 0.15) is 17.3 Å². The van der Waals surface area contributed by atoms with Crippen LogP contribution in [0.1, 0.15) is 41.3 Å². The zero-order valence-electron chi connectivity index (χ0n) is 17.7. The fraction of sp³-hybridized carbons (Fsp3) is 0.154. The third-order valence-electron chi connectivity index (χ3n) is 4.81. The van der Waals surface area contributed by atoms with Crippen molar-refractivity contribution in [1.29, 1.82) is 0 Å². The van der Waals surface area contributed by atoms with Crippen LogP contribution in [0.5, 0.6) is 0 Å². The van der Waals surface area contributed by atoms with Gasteiger partial charge in [0.2, 0.25) is 0 Å². The van der Waals surface area contributed by atoms with E-state index >= 15 is 0 Å². The molecule has 0 fully saturated rings. The van der Waals surface area contributed by atoms with Gasteiger partial charge in [0.15, 0.2) is 0 Å². The van der Waals surface area contributed by atoms with Crippen LogP contribution in [0.15, 0.2) is 78.5 Å². The summed E-state index contributed by atoms with van der Waals surface area (Å²) in [5, 5.41) is 5.26. The molecule has 6 heteroatoms. The molecule has 0 saturated heterocycles. The number of aryl methyl sites for hydroxylation is 1. The Balaban J connectivity index is 1.81. The fourth-order valence-corrected chi connectivity index (χ4v) is 3.01. The summed E-state index contributed by atoms with van der Waals surface area (Å²) >= 11 is 0. The van der Waals surface area contributed by atoms with Gasteiger partial charge in [0.25, 0.3) is 11.8 Å². The molecule has 0 aromatic heterocycles. The number of anilines is 1. The molecule has 0 aliphatic rings. The number of rotatable bonds is 8. The first-order chi connectivity index (χ1) is 15.4. The number of hydrogen-bond donors (Lipinski definition) is 2. The first-order valence-corrected chi connectivity index (χ1v) is 10.4. The molecule has 32 heavy (non-hydrogen) atoms. The molecule has 3 rings (SSSR count). The van der Waals surface area contributed by atoms with E-state index in [1.165, 1.54) is 54.6 Å². The monoisotopic (exact) mass is 434 g/mol. The summed E-state index contributed by atoms with van der Waals surface area (Å²) in [6, 6.07) is 18.0. The summed E-state index contributed by atoms with van der Waals surface area (Å²) in [7, 11) is 0. The van der Waals surface area contributed by atoms with Crippen molar-refractivity contribution < 1.29 is 18.4 Å². The Hall–Kier alpha value is -3.80. The molecule has 0 saturated carbocycles. The minimum Gasteiger partial charge on any atom is -0.321 e. The summed E-state index contributed by atoms with van der Waals surface area (Å²) in [5.41, 5.74) is 2.42. The highest BCUT2D eigenvalue weighted by Gasteiger charge is 2.15. The van der Waals surface area contributed by atoms with Gasteiger partial charge >= 0.3 is 0 Å². The van der Waals surface area contributed by atoms with Crippen LogP contribution >= 0.6 is 0 Å². The highest BCUT2D eigenvalue weighted by molar-refractivity contribution is 6.10. The van der Waals surface area contributed by atoms with E-state index in [2.05, 4.69) is 17.6 Å². The van der Waals surface area contributed by atoms with Crippen LogP contribution in [0.3, 0.4) is 0 Å². The van der Waals surface area contributed by atoms with Gasteiger partial charge in [0, 0.05) is 11.3 Å². The molecule has 164 valence electrons. The Morgan fingerprint density at radius 2 is 1.44 bits per heavy atom. The standard InChI is InChI=1S/C26H24F2N2O2/c1-2-3-4-18-5-9-20(10-6-18)25(31)30-24(17-19-7-11-21(27)12-8-19)26(32)29-23-15-13-22(28)14-16-23/h5-17H,2-4H2,1H3,(H,29,32)(H,30,31)/b24-17-. The molecule has 0 unspecified atom stereocenters. The van der Waals surface area contributed by atoms with Crippen molar-refractivity contribution in [2.45, 2.75) is 26.2 Å². The van der Waals surface area contributed by atoms with E-state index in [9.17, 15) is 18.4 Å². The molecule has 0 radical (unpaired) electrons. The van der Waals surface area contributed by atoms with Crippen molar-refractivity contribution >= 4 is 23.6 Å². The number of unbranched alkanes of at least 4 members (excludes halogenated alkanes) is 1. The Morgan fingerprint density at radius 3 is 2.03 bits per heavy atom. The van der Waals surface area contributed by atoms with Crippen LogP contribution in [0.4, 0.5) is 14.5 Å². The van der Waals surface area contributed by atoms with Crippen molar-refractivity contribution in [2.75, 3.05) is 5.32 Å². The molecule has 3 aromatic rings. The minimum atomic E-state index is -0.589.